The average molecular weight is 276 g/mol. The van der Waals surface area contributed by atoms with E-state index in [1.807, 2.05) is 0 Å². The number of halogens is 3. The number of rotatable bonds is 4. The molecule has 19 heavy (non-hydrogen) atoms. The van der Waals surface area contributed by atoms with Crippen molar-refractivity contribution in [3.63, 3.8) is 0 Å². The quantitative estimate of drug-likeness (QED) is 0.657. The lowest BCUT2D eigenvalue weighted by Gasteiger charge is -2.15. The molecule has 0 bridgehead atoms. The number of anilines is 2. The van der Waals surface area contributed by atoms with Gasteiger partial charge in [-0.15, -0.1) is 0 Å². The van der Waals surface area contributed by atoms with Crippen molar-refractivity contribution in [3.05, 3.63) is 6.33 Å². The first-order valence-corrected chi connectivity index (χ1v) is 5.29. The Balaban J connectivity index is 2.22. The van der Waals surface area contributed by atoms with E-state index < -0.39 is 18.8 Å². The second-order valence-corrected chi connectivity index (χ2v) is 3.69. The van der Waals surface area contributed by atoms with Gasteiger partial charge in [0.05, 0.1) is 12.9 Å². The molecule has 0 radical (unpaired) electrons. The van der Waals surface area contributed by atoms with Crippen molar-refractivity contribution in [1.29, 1.82) is 0 Å². The maximum absolute atomic E-state index is 12.2. The third-order valence-corrected chi connectivity index (χ3v) is 2.35. The predicted octanol–water partition coefficient (Wildman–Crippen LogP) is 0.730. The molecule has 0 aromatic carbocycles. The first-order chi connectivity index (χ1) is 8.91. The number of fused-ring (bicyclic) bond motifs is 1. The van der Waals surface area contributed by atoms with Gasteiger partial charge in [-0.25, -0.2) is 4.98 Å². The van der Waals surface area contributed by atoms with Crippen LogP contribution < -0.4 is 10.6 Å². The summed E-state index contributed by atoms with van der Waals surface area (Å²) in [5, 5.41) is 14.0. The van der Waals surface area contributed by atoms with Crippen LogP contribution in [0, 0.1) is 0 Å². The Hall–Kier alpha value is -2.10. The number of nitrogens with zero attached hydrogens (tertiary/aromatic N) is 3. The first kappa shape index (κ1) is 13.3. The average Bonchev–Trinajstić information content (AvgIpc) is 2.82. The Bertz CT molecular complexity index is 569. The van der Waals surface area contributed by atoms with Gasteiger partial charge in [-0.1, -0.05) is 0 Å². The topological polar surface area (TPSA) is 98.8 Å². The van der Waals surface area contributed by atoms with Crippen molar-refractivity contribution in [2.75, 3.05) is 24.2 Å². The summed E-state index contributed by atoms with van der Waals surface area (Å²) in [5.74, 6) is 0.346. The van der Waals surface area contributed by atoms with Crippen molar-refractivity contribution in [3.8, 4) is 0 Å². The van der Waals surface area contributed by atoms with Gasteiger partial charge in [0.25, 0.3) is 0 Å². The third-order valence-electron chi connectivity index (χ3n) is 2.35. The minimum atomic E-state index is -4.68. The molecule has 0 spiro atoms. The van der Waals surface area contributed by atoms with E-state index in [9.17, 15) is 13.2 Å². The van der Waals surface area contributed by atoms with E-state index >= 15 is 0 Å². The van der Waals surface area contributed by atoms with Crippen molar-refractivity contribution >= 4 is 22.9 Å². The molecule has 0 aliphatic carbocycles. The zero-order valence-electron chi connectivity index (χ0n) is 9.78. The largest absolute Gasteiger partial charge is 0.416 e. The highest BCUT2D eigenvalue weighted by Gasteiger charge is 2.38. The van der Waals surface area contributed by atoms with Gasteiger partial charge >= 0.3 is 6.18 Å². The molecular formula is C9H11F3N6O. The SMILES string of the molecule is CNc1nc(NCC(O)C(F)(F)F)c2[nH]cnc2n1. The van der Waals surface area contributed by atoms with E-state index in [2.05, 4.69) is 30.6 Å². The smallest absolute Gasteiger partial charge is 0.382 e. The van der Waals surface area contributed by atoms with Gasteiger partial charge in [-0.3, -0.25) is 0 Å². The summed E-state index contributed by atoms with van der Waals surface area (Å²) in [7, 11) is 1.57. The Labute approximate surface area is 105 Å². The molecule has 10 heteroatoms. The molecule has 7 nitrogen and oxygen atoms in total. The van der Waals surface area contributed by atoms with Crippen LogP contribution in [0.5, 0.6) is 0 Å². The van der Waals surface area contributed by atoms with Crippen molar-refractivity contribution in [2.24, 2.45) is 0 Å². The highest BCUT2D eigenvalue weighted by atomic mass is 19.4. The number of H-pyrrole nitrogens is 1. The maximum atomic E-state index is 12.2. The predicted molar refractivity (Wildman–Crippen MR) is 61.8 cm³/mol. The summed E-state index contributed by atoms with van der Waals surface area (Å²) in [6.07, 6.45) is -5.80. The number of aromatic nitrogens is 4. The molecule has 0 fully saturated rings. The number of imidazole rings is 1. The van der Waals surface area contributed by atoms with Gasteiger partial charge in [-0.2, -0.15) is 23.1 Å². The van der Waals surface area contributed by atoms with Crippen LogP contribution in [0.15, 0.2) is 6.33 Å². The molecule has 2 rings (SSSR count). The Morgan fingerprint density at radius 3 is 2.79 bits per heavy atom. The van der Waals surface area contributed by atoms with Crippen LogP contribution in [-0.4, -0.2) is 50.9 Å². The molecule has 0 saturated heterocycles. The summed E-state index contributed by atoms with van der Waals surface area (Å²) in [6, 6.07) is 0. The first-order valence-electron chi connectivity index (χ1n) is 5.29. The summed E-state index contributed by atoms with van der Waals surface area (Å²) in [5.41, 5.74) is 0.678. The zero-order chi connectivity index (χ0) is 14.0. The van der Waals surface area contributed by atoms with Gasteiger partial charge in [0.15, 0.2) is 17.6 Å². The minimum Gasteiger partial charge on any atom is -0.382 e. The van der Waals surface area contributed by atoms with Crippen LogP contribution in [0.25, 0.3) is 11.2 Å². The number of nitrogens with one attached hydrogen (secondary N) is 3. The fourth-order valence-corrected chi connectivity index (χ4v) is 1.38. The second kappa shape index (κ2) is 4.88. The second-order valence-electron chi connectivity index (χ2n) is 3.69. The van der Waals surface area contributed by atoms with E-state index in [0.717, 1.165) is 0 Å². The Morgan fingerprint density at radius 2 is 2.16 bits per heavy atom. The summed E-state index contributed by atoms with van der Waals surface area (Å²) >= 11 is 0. The molecule has 2 aromatic heterocycles. The van der Waals surface area contributed by atoms with E-state index in [4.69, 9.17) is 5.11 Å². The normalized spacial score (nSPS) is 13.5. The summed E-state index contributed by atoms with van der Waals surface area (Å²) in [6.45, 7) is -0.711. The lowest BCUT2D eigenvalue weighted by molar-refractivity contribution is -0.198. The van der Waals surface area contributed by atoms with Crippen LogP contribution in [0.2, 0.25) is 0 Å². The van der Waals surface area contributed by atoms with Crippen molar-refractivity contribution in [1.82, 2.24) is 19.9 Å². The van der Waals surface area contributed by atoms with E-state index in [1.165, 1.54) is 6.33 Å². The molecule has 0 aliphatic rings. The monoisotopic (exact) mass is 276 g/mol. The van der Waals surface area contributed by atoms with Gasteiger partial charge in [-0.05, 0) is 0 Å². The molecule has 104 valence electrons. The number of hydrogen-bond donors (Lipinski definition) is 4. The molecule has 1 unspecified atom stereocenters. The van der Waals surface area contributed by atoms with Crippen LogP contribution >= 0.6 is 0 Å². The highest BCUT2D eigenvalue weighted by molar-refractivity contribution is 5.83. The van der Waals surface area contributed by atoms with E-state index in [-0.39, 0.29) is 11.8 Å². The fourth-order valence-electron chi connectivity index (χ4n) is 1.38. The van der Waals surface area contributed by atoms with Crippen LogP contribution in [0.4, 0.5) is 24.9 Å². The fraction of sp³-hybridized carbons (Fsp3) is 0.444. The minimum absolute atomic E-state index is 0.134. The van der Waals surface area contributed by atoms with Gasteiger partial charge in [0, 0.05) is 7.05 Å². The summed E-state index contributed by atoms with van der Waals surface area (Å²) in [4.78, 5) is 14.6. The lowest BCUT2D eigenvalue weighted by atomic mass is 10.3. The van der Waals surface area contributed by atoms with Gasteiger partial charge in [0.2, 0.25) is 5.95 Å². The molecule has 4 N–H and O–H groups in total. The molecule has 1 atom stereocenters. The molecule has 0 saturated carbocycles. The number of hydrogen-bond acceptors (Lipinski definition) is 6. The molecule has 2 heterocycles. The molecule has 2 aromatic rings. The zero-order valence-corrected chi connectivity index (χ0v) is 9.78. The molecule has 0 aliphatic heterocycles. The maximum Gasteiger partial charge on any atom is 0.416 e. The number of alkyl halides is 3. The lowest BCUT2D eigenvalue weighted by Crippen LogP contribution is -2.35. The Morgan fingerprint density at radius 1 is 1.42 bits per heavy atom. The third kappa shape index (κ3) is 2.84. The van der Waals surface area contributed by atoms with Crippen molar-refractivity contribution in [2.45, 2.75) is 12.3 Å². The van der Waals surface area contributed by atoms with Crippen LogP contribution in [-0.2, 0) is 0 Å². The standard InChI is InChI=1S/C9H11F3N6O/c1-13-8-17-6(5-7(18-8)16-3-15-5)14-2-4(19)9(10,11)12/h3-4,19H,2H2,1H3,(H3,13,14,15,16,17,18). The van der Waals surface area contributed by atoms with Gasteiger partial charge in [0.1, 0.15) is 5.52 Å². The van der Waals surface area contributed by atoms with Crippen LogP contribution in [0.3, 0.4) is 0 Å². The molecular weight excluding hydrogens is 265 g/mol. The van der Waals surface area contributed by atoms with E-state index in [0.29, 0.717) is 11.2 Å². The van der Waals surface area contributed by atoms with Gasteiger partial charge < -0.3 is 20.7 Å². The highest BCUT2D eigenvalue weighted by Crippen LogP contribution is 2.22. The van der Waals surface area contributed by atoms with E-state index in [1.54, 1.807) is 7.05 Å². The molecule has 0 amide bonds. The number of aromatic amines is 1. The Kier molecular flexibility index (Phi) is 3.42. The van der Waals surface area contributed by atoms with Crippen molar-refractivity contribution < 1.29 is 18.3 Å². The number of aliphatic hydroxyl groups is 1. The van der Waals surface area contributed by atoms with Crippen LogP contribution in [0.1, 0.15) is 0 Å². The summed E-state index contributed by atoms with van der Waals surface area (Å²) < 4.78 is 36.6. The number of aliphatic hydroxyl groups excluding tert-OH is 1.